The quantitative estimate of drug-likeness (QED) is 0.0524. The van der Waals surface area contributed by atoms with Gasteiger partial charge in [0.2, 0.25) is 17.7 Å². The number of hydrogen-bond acceptors (Lipinski definition) is 19. The fraction of sp³-hybridized carbons (Fsp3) is 0.692. The smallest absolute Gasteiger partial charge is 0.373 e. The second-order valence-electron chi connectivity index (χ2n) is 14.8. The maximum absolute atomic E-state index is 12.7. The molecule has 0 aromatic carbocycles. The number of urea groups is 1. The molecule has 2 aliphatic rings. The summed E-state index contributed by atoms with van der Waals surface area (Å²) in [5.41, 5.74) is 0. The van der Waals surface area contributed by atoms with Crippen molar-refractivity contribution in [2.45, 2.75) is 75.1 Å². The van der Waals surface area contributed by atoms with Crippen molar-refractivity contribution in [1.82, 2.24) is 40.4 Å². The fourth-order valence-corrected chi connectivity index (χ4v) is 6.63. The summed E-state index contributed by atoms with van der Waals surface area (Å²) in [5, 5.41) is 41.9. The molecule has 0 saturated carbocycles. The number of carbonyl (C=O) groups is 10. The first-order valence-corrected chi connectivity index (χ1v) is 21.8. The van der Waals surface area contributed by atoms with Crippen molar-refractivity contribution in [2.24, 2.45) is 0 Å². The maximum atomic E-state index is 12.7. The van der Waals surface area contributed by atoms with Gasteiger partial charge in [-0.2, -0.15) is 30.9 Å². The zero-order chi connectivity index (χ0) is 50.8. The number of likely N-dealkylation sites (tertiary alicyclic amines) is 1. The number of Topliss-reactive ketones (excluding diaryl/α,β-unsaturated/α-hetero) is 2. The monoisotopic (exact) mass is 1070 g/mol. The molecule has 375 valence electrons. The van der Waals surface area contributed by atoms with Crippen LogP contribution in [0.15, 0.2) is 0 Å². The molecule has 2 aliphatic heterocycles. The molecular weight excluding hydrogens is 1010 g/mol. The molecule has 3 atom stereocenters. The number of amides is 5. The molecule has 0 spiro atoms. The van der Waals surface area contributed by atoms with Crippen LogP contribution in [0.1, 0.15) is 57.8 Å². The van der Waals surface area contributed by atoms with Crippen LogP contribution in [-0.4, -0.2) is 259 Å². The Morgan fingerprint density at radius 1 is 0.657 bits per heavy atom. The summed E-state index contributed by atoms with van der Waals surface area (Å²) in [6.07, 6.45) is 1.93. The van der Waals surface area contributed by atoms with Crippen LogP contribution in [0.2, 0.25) is 0 Å². The largest absolute Gasteiger partial charge is 0.481 e. The second kappa shape index (κ2) is 39.0. The third-order valence-corrected chi connectivity index (χ3v) is 10.7. The molecule has 0 aromatic heterocycles. The number of nitrogens with one attached hydrogen (secondary N) is 3. The van der Waals surface area contributed by atoms with Gasteiger partial charge in [0, 0.05) is 130 Å². The molecule has 5 amide bonds. The van der Waals surface area contributed by atoms with E-state index in [2.05, 4.69) is 27.1 Å². The van der Waals surface area contributed by atoms with Crippen LogP contribution in [0.25, 0.3) is 0 Å². The zero-order valence-electron chi connectivity index (χ0n) is 38.1. The number of imide groups is 1. The Balaban J connectivity index is -0.00000110. The zero-order valence-corrected chi connectivity index (χ0v) is 42.2. The Labute approximate surface area is 410 Å². The number of ketones is 2. The van der Waals surface area contributed by atoms with Crippen LogP contribution in [0.4, 0.5) is 4.79 Å². The second-order valence-corrected chi connectivity index (χ2v) is 15.8. The van der Waals surface area contributed by atoms with Gasteiger partial charge in [-0.1, -0.05) is 0 Å². The van der Waals surface area contributed by atoms with Crippen LogP contribution >= 0.6 is 11.8 Å². The molecule has 2 heterocycles. The summed E-state index contributed by atoms with van der Waals surface area (Å²) in [5.74, 6) is -5.91. The molecule has 67 heavy (non-hydrogen) atoms. The van der Waals surface area contributed by atoms with E-state index in [1.165, 1.54) is 23.7 Å². The van der Waals surface area contributed by atoms with Crippen LogP contribution < -0.4 is 16.0 Å². The van der Waals surface area contributed by atoms with Crippen molar-refractivity contribution >= 4 is 109 Å². The van der Waals surface area contributed by atoms with Crippen molar-refractivity contribution in [2.75, 3.05) is 99.4 Å². The van der Waals surface area contributed by atoms with Gasteiger partial charge in [0.05, 0.1) is 18.3 Å². The molecular formula is C39H62InN8O18S. The van der Waals surface area contributed by atoms with Gasteiger partial charge in [-0.3, -0.25) is 48.3 Å². The number of hydrogen-bond donors (Lipinski definition) is 7. The van der Waals surface area contributed by atoms with Gasteiger partial charge in [-0.05, 0) is 39.6 Å². The predicted molar refractivity (Wildman–Crippen MR) is 233 cm³/mol. The summed E-state index contributed by atoms with van der Waals surface area (Å²) in [7, 11) is 5.53. The summed E-state index contributed by atoms with van der Waals surface area (Å²) in [6.45, 7) is 6.62. The van der Waals surface area contributed by atoms with E-state index in [0.29, 0.717) is 45.6 Å². The molecule has 26 nitrogen and oxygen atoms in total. The summed E-state index contributed by atoms with van der Waals surface area (Å²) in [4.78, 5) is 158. The van der Waals surface area contributed by atoms with Crippen molar-refractivity contribution in [3.8, 4) is 0 Å². The number of carboxylic acid groups (broad SMARTS) is 4. The molecule has 0 bridgehead atoms. The minimum absolute atomic E-state index is 0. The molecule has 0 aliphatic carbocycles. The Hall–Kier alpha value is -5.08. The Morgan fingerprint density at radius 3 is 1.52 bits per heavy atom. The van der Waals surface area contributed by atoms with Gasteiger partial charge in [0.25, 0.3) is 0 Å². The first kappa shape index (κ1) is 66.2. The average molecular weight is 1070 g/mol. The van der Waals surface area contributed by atoms with Gasteiger partial charge in [0.1, 0.15) is 23.7 Å². The van der Waals surface area contributed by atoms with E-state index in [1.807, 2.05) is 28.8 Å². The molecule has 3 unspecified atom stereocenters. The van der Waals surface area contributed by atoms with Gasteiger partial charge in [0.15, 0.2) is 0 Å². The van der Waals surface area contributed by atoms with E-state index in [1.54, 1.807) is 0 Å². The third kappa shape index (κ3) is 33.1. The number of rotatable bonds is 22. The van der Waals surface area contributed by atoms with Crippen molar-refractivity contribution < 1.29 is 87.5 Å². The molecule has 28 heteroatoms. The topological polar surface area (TPSA) is 372 Å². The molecule has 0 aromatic rings. The number of likely N-dealkylation sites (N-methyl/N-ethyl adjacent to an activating group) is 2. The minimum atomic E-state index is -1.51. The molecule has 2 saturated heterocycles. The van der Waals surface area contributed by atoms with Crippen molar-refractivity contribution in [1.29, 1.82) is 0 Å². The first-order chi connectivity index (χ1) is 31.1. The van der Waals surface area contributed by atoms with E-state index in [4.69, 9.17) is 34.5 Å². The fourth-order valence-electron chi connectivity index (χ4n) is 5.99. The molecule has 2 rings (SSSR count). The number of carboxylic acids is 4. The number of nitrogens with zero attached hydrogens (tertiary/aromatic N) is 5. The third-order valence-electron chi connectivity index (χ3n) is 9.75. The normalized spacial score (nSPS) is 16.8. The van der Waals surface area contributed by atoms with Crippen LogP contribution in [0.5, 0.6) is 0 Å². The molecule has 7 N–H and O–H groups in total. The van der Waals surface area contributed by atoms with Gasteiger partial charge in [-0.25, -0.2) is 14.4 Å². The van der Waals surface area contributed by atoms with E-state index in [9.17, 15) is 53.1 Å². The Morgan fingerprint density at radius 2 is 1.10 bits per heavy atom. The number of aliphatic carboxylic acids is 4. The Bertz CT molecular complexity index is 1690. The predicted octanol–water partition coefficient (Wildman–Crippen LogP) is -3.22. The van der Waals surface area contributed by atoms with Crippen LogP contribution in [0.3, 0.4) is 0 Å². The summed E-state index contributed by atoms with van der Waals surface area (Å²) >= 11 is 1.39. The van der Waals surface area contributed by atoms with Crippen LogP contribution in [-0.2, 0) is 62.3 Å². The first-order valence-electron chi connectivity index (χ1n) is 20.5. The number of thioether (sulfide) groups is 1. The van der Waals surface area contributed by atoms with E-state index in [0.717, 1.165) is 32.7 Å². The van der Waals surface area contributed by atoms with Crippen molar-refractivity contribution in [3.63, 3.8) is 0 Å². The summed E-state index contributed by atoms with van der Waals surface area (Å²) in [6, 6.07) is -4.08. The van der Waals surface area contributed by atoms with Gasteiger partial charge < -0.3 is 46.2 Å². The van der Waals surface area contributed by atoms with E-state index >= 15 is 0 Å². The number of carbonyl (C=O) groups excluding carboxylic acids is 10. The Kier molecular flexibility index (Phi) is 38.5. The molecule has 3 radical (unpaired) electrons. The SMILES string of the molecule is CNC(=O)CCC(=O)CCC(NC(=O)NC(CCC(=O)O)C(=O)O)C(=O)O.CSC1CC(=O)N(CCCC(=O)CN2CCN(C)CCN(C)CCN(CC(=O)O)CC2)C1=O.O=C=O.O=C=O.[111In]. The maximum Gasteiger partial charge on any atom is 0.373 e. The van der Waals surface area contributed by atoms with Crippen molar-refractivity contribution in [3.05, 3.63) is 0 Å². The summed E-state index contributed by atoms with van der Waals surface area (Å²) < 4.78 is 0. The van der Waals surface area contributed by atoms with Gasteiger partial charge in [-0.15, -0.1) is 0 Å². The van der Waals surface area contributed by atoms with E-state index < -0.39 is 48.4 Å². The molecule has 2 fully saturated rings. The van der Waals surface area contributed by atoms with E-state index in [-0.39, 0.29) is 118 Å². The standard InChI is InChI=1S/C22H39N5O5S.C15H23N3O9.2CO2.In/c1-23-7-8-24(2)10-12-26(17-21(30)31)14-13-25(11-9-23)16-18(28)5-4-6-27-20(29)15-19(33-3)22(27)32;1-16-11(20)6-3-8(19)2-4-9(13(23)24)17-15(27)18-10(14(25)26)5-7-12(21)22;2*2-1-3;/h19H,4-17H2,1-3H3,(H,30,31);9-10H,2-7H2,1H3,(H,16,20)(H,21,22)(H,23,24)(H,25,26)(H2,17,18,27);;;/i;;;;1-4. The minimum Gasteiger partial charge on any atom is -0.481 e. The van der Waals surface area contributed by atoms with Gasteiger partial charge >= 0.3 is 42.2 Å². The average Bonchev–Trinajstić information content (AvgIpc) is 3.52. The van der Waals surface area contributed by atoms with Crippen LogP contribution in [0, 0.1) is 0 Å².